The van der Waals surface area contributed by atoms with Gasteiger partial charge in [-0.3, -0.25) is 14.7 Å². The van der Waals surface area contributed by atoms with Crippen molar-refractivity contribution in [3.8, 4) is 0 Å². The summed E-state index contributed by atoms with van der Waals surface area (Å²) in [6.07, 6.45) is 1.20. The van der Waals surface area contributed by atoms with E-state index in [1.807, 2.05) is 31.2 Å². The molecule has 1 unspecified atom stereocenters. The molecule has 0 radical (unpaired) electrons. The fraction of sp³-hybridized carbons (Fsp3) is 0.100. The number of amides is 1. The molecule has 0 fully saturated rings. The van der Waals surface area contributed by atoms with Crippen LogP contribution in [0.5, 0.6) is 0 Å². The first-order chi connectivity index (χ1) is 12.5. The highest BCUT2D eigenvalue weighted by Crippen LogP contribution is 2.38. The molecule has 0 aliphatic carbocycles. The first-order valence-corrected chi connectivity index (χ1v) is 8.87. The highest BCUT2D eigenvalue weighted by Gasteiger charge is 2.39. The van der Waals surface area contributed by atoms with Crippen LogP contribution in [0, 0.1) is 6.92 Å². The van der Waals surface area contributed by atoms with Crippen molar-refractivity contribution >= 4 is 40.5 Å². The number of pyridine rings is 1. The number of anilines is 2. The summed E-state index contributed by atoms with van der Waals surface area (Å²) in [5.41, 5.74) is 3.79. The average molecular weight is 384 g/mol. The summed E-state index contributed by atoms with van der Waals surface area (Å²) in [7, 11) is 0. The summed E-state index contributed by atoms with van der Waals surface area (Å²) < 4.78 is 0. The smallest absolute Gasteiger partial charge is 0.262 e. The third kappa shape index (κ3) is 2.91. The minimum absolute atomic E-state index is 0.104. The van der Waals surface area contributed by atoms with Gasteiger partial charge in [-0.2, -0.15) is 0 Å². The van der Waals surface area contributed by atoms with Crippen molar-refractivity contribution in [1.82, 2.24) is 4.98 Å². The number of carbonyl (C=O) groups excluding carboxylic acids is 1. The molecule has 0 spiro atoms. The SMILES string of the molecule is Cc1ccc(N2C(=O)c3cccnc3C2Nc2cc(Cl)ccc2Cl)cc1. The Morgan fingerprint density at radius 1 is 1.08 bits per heavy atom. The summed E-state index contributed by atoms with van der Waals surface area (Å²) >= 11 is 12.4. The Morgan fingerprint density at radius 2 is 1.85 bits per heavy atom. The Labute approximate surface area is 161 Å². The summed E-state index contributed by atoms with van der Waals surface area (Å²) in [5.74, 6) is -0.104. The van der Waals surface area contributed by atoms with Crippen molar-refractivity contribution in [2.75, 3.05) is 10.2 Å². The van der Waals surface area contributed by atoms with Crippen molar-refractivity contribution in [2.24, 2.45) is 0 Å². The Balaban J connectivity index is 1.80. The molecule has 4 nitrogen and oxygen atoms in total. The van der Waals surface area contributed by atoms with Gasteiger partial charge in [-0.05, 0) is 49.4 Å². The predicted octanol–water partition coefficient (Wildman–Crippen LogP) is 5.47. The number of benzene rings is 2. The molecule has 26 heavy (non-hydrogen) atoms. The van der Waals surface area contributed by atoms with Gasteiger partial charge in [-0.1, -0.05) is 40.9 Å². The number of halogens is 2. The van der Waals surface area contributed by atoms with Crippen molar-refractivity contribution in [3.05, 3.63) is 87.7 Å². The zero-order valence-electron chi connectivity index (χ0n) is 13.9. The standard InChI is InChI=1S/C20H15Cl2N3O/c1-12-4-7-14(8-5-12)25-19(18-15(20(25)26)3-2-10-23-18)24-17-11-13(21)6-9-16(17)22/h2-11,19,24H,1H3. The third-order valence-electron chi connectivity index (χ3n) is 4.34. The molecule has 6 heteroatoms. The van der Waals surface area contributed by atoms with E-state index in [1.54, 1.807) is 41.4 Å². The van der Waals surface area contributed by atoms with Crippen LogP contribution in [0.3, 0.4) is 0 Å². The predicted molar refractivity (Wildman–Crippen MR) is 105 cm³/mol. The van der Waals surface area contributed by atoms with Crippen LogP contribution in [-0.4, -0.2) is 10.9 Å². The number of hydrogen-bond donors (Lipinski definition) is 1. The highest BCUT2D eigenvalue weighted by atomic mass is 35.5. The molecule has 1 aromatic heterocycles. The number of rotatable bonds is 3. The molecule has 1 amide bonds. The molecule has 1 atom stereocenters. The van der Waals surface area contributed by atoms with E-state index >= 15 is 0 Å². The topological polar surface area (TPSA) is 45.2 Å². The largest absolute Gasteiger partial charge is 0.359 e. The van der Waals surface area contributed by atoms with Crippen LogP contribution in [0.2, 0.25) is 10.0 Å². The van der Waals surface area contributed by atoms with Gasteiger partial charge in [-0.25, -0.2) is 0 Å². The van der Waals surface area contributed by atoms with E-state index in [9.17, 15) is 4.79 Å². The number of hydrogen-bond acceptors (Lipinski definition) is 3. The molecule has 0 bridgehead atoms. The summed E-state index contributed by atoms with van der Waals surface area (Å²) in [5, 5.41) is 4.41. The second-order valence-corrected chi connectivity index (χ2v) is 6.96. The van der Waals surface area contributed by atoms with Gasteiger partial charge in [0.2, 0.25) is 0 Å². The molecule has 1 aliphatic heterocycles. The molecular weight excluding hydrogens is 369 g/mol. The van der Waals surface area contributed by atoms with E-state index in [0.29, 0.717) is 27.0 Å². The molecule has 1 aliphatic rings. The van der Waals surface area contributed by atoms with Gasteiger partial charge in [0.05, 0.1) is 22.0 Å². The zero-order chi connectivity index (χ0) is 18.3. The molecule has 4 rings (SSSR count). The number of fused-ring (bicyclic) bond motifs is 1. The molecule has 0 saturated heterocycles. The first-order valence-electron chi connectivity index (χ1n) is 8.11. The lowest BCUT2D eigenvalue weighted by atomic mass is 10.2. The second kappa shape index (κ2) is 6.63. The van der Waals surface area contributed by atoms with Crippen LogP contribution >= 0.6 is 23.2 Å². The van der Waals surface area contributed by atoms with E-state index in [4.69, 9.17) is 23.2 Å². The van der Waals surface area contributed by atoms with Crippen molar-refractivity contribution in [3.63, 3.8) is 0 Å². The maximum Gasteiger partial charge on any atom is 0.262 e. The molecule has 1 N–H and O–H groups in total. The van der Waals surface area contributed by atoms with Crippen molar-refractivity contribution in [1.29, 1.82) is 0 Å². The van der Waals surface area contributed by atoms with Crippen LogP contribution in [0.4, 0.5) is 11.4 Å². The molecular formula is C20H15Cl2N3O. The Kier molecular flexibility index (Phi) is 4.31. The van der Waals surface area contributed by atoms with Gasteiger partial charge >= 0.3 is 0 Å². The Hall–Kier alpha value is -2.56. The highest BCUT2D eigenvalue weighted by molar-refractivity contribution is 6.35. The van der Waals surface area contributed by atoms with Crippen molar-refractivity contribution < 1.29 is 4.79 Å². The summed E-state index contributed by atoms with van der Waals surface area (Å²) in [4.78, 5) is 19.1. The van der Waals surface area contributed by atoms with E-state index in [0.717, 1.165) is 11.3 Å². The van der Waals surface area contributed by atoms with E-state index in [-0.39, 0.29) is 5.91 Å². The molecule has 0 saturated carbocycles. The maximum absolute atomic E-state index is 13.0. The first kappa shape index (κ1) is 16.9. The molecule has 2 heterocycles. The Bertz CT molecular complexity index is 989. The Morgan fingerprint density at radius 3 is 2.62 bits per heavy atom. The number of aryl methyl sites for hydroxylation is 1. The van der Waals surface area contributed by atoms with E-state index in [1.165, 1.54) is 0 Å². The van der Waals surface area contributed by atoms with Gasteiger partial charge in [-0.15, -0.1) is 0 Å². The summed E-state index contributed by atoms with van der Waals surface area (Å²) in [6, 6.07) is 16.5. The number of aromatic nitrogens is 1. The molecule has 130 valence electrons. The van der Waals surface area contributed by atoms with Crippen LogP contribution in [-0.2, 0) is 0 Å². The number of carbonyl (C=O) groups is 1. The molecule has 3 aromatic rings. The lowest BCUT2D eigenvalue weighted by Crippen LogP contribution is -2.32. The average Bonchev–Trinajstić information content (AvgIpc) is 2.92. The van der Waals surface area contributed by atoms with Crippen LogP contribution in [0.15, 0.2) is 60.8 Å². The van der Waals surface area contributed by atoms with Gasteiger partial charge in [0.1, 0.15) is 0 Å². The van der Waals surface area contributed by atoms with Crippen LogP contribution in [0.1, 0.15) is 27.8 Å². The quantitative estimate of drug-likeness (QED) is 0.652. The fourth-order valence-electron chi connectivity index (χ4n) is 3.05. The fourth-order valence-corrected chi connectivity index (χ4v) is 3.39. The zero-order valence-corrected chi connectivity index (χ0v) is 15.4. The lowest BCUT2D eigenvalue weighted by Gasteiger charge is -2.27. The van der Waals surface area contributed by atoms with Gasteiger partial charge in [0, 0.05) is 16.9 Å². The summed E-state index contributed by atoms with van der Waals surface area (Å²) in [6.45, 7) is 2.01. The second-order valence-electron chi connectivity index (χ2n) is 6.12. The normalized spacial score (nSPS) is 15.9. The van der Waals surface area contributed by atoms with Gasteiger partial charge in [0.25, 0.3) is 5.91 Å². The van der Waals surface area contributed by atoms with Crippen LogP contribution in [0.25, 0.3) is 0 Å². The van der Waals surface area contributed by atoms with E-state index < -0.39 is 6.17 Å². The number of nitrogens with zero attached hydrogens (tertiary/aromatic N) is 2. The monoisotopic (exact) mass is 383 g/mol. The van der Waals surface area contributed by atoms with Gasteiger partial charge in [0.15, 0.2) is 6.17 Å². The minimum Gasteiger partial charge on any atom is -0.359 e. The maximum atomic E-state index is 13.0. The number of nitrogens with one attached hydrogen (secondary N) is 1. The molecule has 2 aromatic carbocycles. The van der Waals surface area contributed by atoms with Crippen molar-refractivity contribution in [2.45, 2.75) is 13.1 Å². The third-order valence-corrected chi connectivity index (χ3v) is 4.90. The van der Waals surface area contributed by atoms with Gasteiger partial charge < -0.3 is 5.32 Å². The van der Waals surface area contributed by atoms with E-state index in [2.05, 4.69) is 10.3 Å². The lowest BCUT2D eigenvalue weighted by molar-refractivity contribution is 0.0993. The van der Waals surface area contributed by atoms with Crippen LogP contribution < -0.4 is 10.2 Å². The minimum atomic E-state index is -0.475.